The van der Waals surface area contributed by atoms with Crippen LogP contribution in [-0.2, 0) is 6.54 Å². The third-order valence-corrected chi connectivity index (χ3v) is 2.38. The molecule has 0 aliphatic rings. The highest BCUT2D eigenvalue weighted by molar-refractivity contribution is 6.34. The Kier molecular flexibility index (Phi) is 4.62. The zero-order valence-electron chi connectivity index (χ0n) is 7.87. The highest BCUT2D eigenvalue weighted by atomic mass is 35.5. The van der Waals surface area contributed by atoms with E-state index in [-0.39, 0.29) is 6.61 Å². The Bertz CT molecular complexity index is 307. The molecule has 0 aliphatic heterocycles. The van der Waals surface area contributed by atoms with Crippen molar-refractivity contribution >= 4 is 23.2 Å². The van der Waals surface area contributed by atoms with E-state index < -0.39 is 0 Å². The van der Waals surface area contributed by atoms with E-state index in [2.05, 4.69) is 4.98 Å². The first kappa shape index (κ1) is 11.7. The molecule has 78 valence electrons. The predicted octanol–water partition coefficient (Wildman–Crippen LogP) is 1.81. The Hall–Kier alpha value is -0.350. The van der Waals surface area contributed by atoms with Gasteiger partial charge >= 0.3 is 0 Å². The van der Waals surface area contributed by atoms with Gasteiger partial charge < -0.3 is 5.11 Å². The summed E-state index contributed by atoms with van der Waals surface area (Å²) in [6.45, 7) is 1.40. The summed E-state index contributed by atoms with van der Waals surface area (Å²) in [5, 5.41) is 9.72. The fourth-order valence-corrected chi connectivity index (χ4v) is 1.52. The fraction of sp³-hybridized carbons (Fsp3) is 0.444. The molecule has 0 spiro atoms. The standard InChI is InChI=1S/C9H12Cl2N2O/c1-13(2-3-14)6-7-5-12-9(11)4-8(7)10/h4-5,14H,2-3,6H2,1H3. The minimum absolute atomic E-state index is 0.134. The van der Waals surface area contributed by atoms with E-state index in [1.165, 1.54) is 0 Å². The van der Waals surface area contributed by atoms with Crippen molar-refractivity contribution in [2.24, 2.45) is 0 Å². The van der Waals surface area contributed by atoms with Gasteiger partial charge in [0.05, 0.1) is 6.61 Å². The van der Waals surface area contributed by atoms with Crippen molar-refractivity contribution in [3.63, 3.8) is 0 Å². The molecule has 0 fully saturated rings. The van der Waals surface area contributed by atoms with Crippen molar-refractivity contribution in [3.8, 4) is 0 Å². The van der Waals surface area contributed by atoms with Crippen molar-refractivity contribution in [2.75, 3.05) is 20.2 Å². The van der Waals surface area contributed by atoms with E-state index in [4.69, 9.17) is 28.3 Å². The molecule has 1 heterocycles. The number of aromatic nitrogens is 1. The van der Waals surface area contributed by atoms with Crippen molar-refractivity contribution < 1.29 is 5.11 Å². The van der Waals surface area contributed by atoms with Gasteiger partial charge in [0.25, 0.3) is 0 Å². The van der Waals surface area contributed by atoms with Gasteiger partial charge in [-0.15, -0.1) is 0 Å². The van der Waals surface area contributed by atoms with Gasteiger partial charge in [0.1, 0.15) is 5.15 Å². The minimum atomic E-state index is 0.134. The van der Waals surface area contributed by atoms with Crippen molar-refractivity contribution in [2.45, 2.75) is 6.54 Å². The molecule has 1 aromatic heterocycles. The molecule has 1 rings (SSSR count). The quantitative estimate of drug-likeness (QED) is 0.808. The summed E-state index contributed by atoms with van der Waals surface area (Å²) in [5.41, 5.74) is 0.909. The van der Waals surface area contributed by atoms with Crippen LogP contribution < -0.4 is 0 Å². The first-order valence-corrected chi connectivity index (χ1v) is 4.98. The summed E-state index contributed by atoms with van der Waals surface area (Å²) >= 11 is 11.6. The van der Waals surface area contributed by atoms with Crippen molar-refractivity contribution in [1.29, 1.82) is 0 Å². The molecule has 1 N–H and O–H groups in total. The summed E-state index contributed by atoms with van der Waals surface area (Å²) in [5.74, 6) is 0. The van der Waals surface area contributed by atoms with E-state index in [9.17, 15) is 0 Å². The van der Waals surface area contributed by atoms with Gasteiger partial charge in [-0.25, -0.2) is 4.98 Å². The van der Waals surface area contributed by atoms with E-state index in [0.29, 0.717) is 23.3 Å². The molecule has 0 saturated heterocycles. The number of nitrogens with zero attached hydrogens (tertiary/aromatic N) is 2. The van der Waals surface area contributed by atoms with Gasteiger partial charge in [0.15, 0.2) is 0 Å². The lowest BCUT2D eigenvalue weighted by molar-refractivity contribution is 0.217. The molecule has 0 amide bonds. The second-order valence-electron chi connectivity index (χ2n) is 3.06. The SMILES string of the molecule is CN(CCO)Cc1cnc(Cl)cc1Cl. The molecule has 0 bridgehead atoms. The monoisotopic (exact) mass is 234 g/mol. The third kappa shape index (κ3) is 3.42. The van der Waals surface area contributed by atoms with Crippen LogP contribution in [0.15, 0.2) is 12.3 Å². The van der Waals surface area contributed by atoms with Gasteiger partial charge in [-0.2, -0.15) is 0 Å². The maximum absolute atomic E-state index is 8.72. The smallest absolute Gasteiger partial charge is 0.130 e. The average molecular weight is 235 g/mol. The molecule has 5 heteroatoms. The van der Waals surface area contributed by atoms with Crippen LogP contribution in [0.3, 0.4) is 0 Å². The third-order valence-electron chi connectivity index (χ3n) is 1.82. The van der Waals surface area contributed by atoms with Crippen LogP contribution in [0.1, 0.15) is 5.56 Å². The van der Waals surface area contributed by atoms with Crippen LogP contribution >= 0.6 is 23.2 Å². The normalized spacial score (nSPS) is 10.9. The van der Waals surface area contributed by atoms with Gasteiger partial charge in [-0.3, -0.25) is 4.90 Å². The molecule has 14 heavy (non-hydrogen) atoms. The van der Waals surface area contributed by atoms with Crippen molar-refractivity contribution in [1.82, 2.24) is 9.88 Å². The fourth-order valence-electron chi connectivity index (χ4n) is 1.09. The average Bonchev–Trinajstić information content (AvgIpc) is 2.10. The molecule has 0 radical (unpaired) electrons. The maximum Gasteiger partial charge on any atom is 0.130 e. The molecule has 0 saturated carbocycles. The molecule has 0 aromatic carbocycles. The molecule has 0 aliphatic carbocycles. The molecular weight excluding hydrogens is 223 g/mol. The van der Waals surface area contributed by atoms with Crippen LogP contribution in [-0.4, -0.2) is 35.2 Å². The summed E-state index contributed by atoms with van der Waals surface area (Å²) in [6.07, 6.45) is 1.65. The van der Waals surface area contributed by atoms with Gasteiger partial charge in [-0.05, 0) is 13.1 Å². The lowest BCUT2D eigenvalue weighted by Gasteiger charge is -2.15. The highest BCUT2D eigenvalue weighted by Crippen LogP contribution is 2.19. The van der Waals surface area contributed by atoms with E-state index in [0.717, 1.165) is 5.56 Å². The predicted molar refractivity (Wildman–Crippen MR) is 57.7 cm³/mol. The first-order valence-electron chi connectivity index (χ1n) is 4.23. The topological polar surface area (TPSA) is 36.4 Å². The lowest BCUT2D eigenvalue weighted by atomic mass is 10.2. The van der Waals surface area contributed by atoms with Crippen LogP contribution in [0.25, 0.3) is 0 Å². The Morgan fingerprint density at radius 3 is 2.79 bits per heavy atom. The summed E-state index contributed by atoms with van der Waals surface area (Å²) < 4.78 is 0. The number of hydrogen-bond donors (Lipinski definition) is 1. The second-order valence-corrected chi connectivity index (χ2v) is 3.85. The Morgan fingerprint density at radius 2 is 2.21 bits per heavy atom. The lowest BCUT2D eigenvalue weighted by Crippen LogP contribution is -2.21. The summed E-state index contributed by atoms with van der Waals surface area (Å²) in [7, 11) is 1.90. The molecule has 3 nitrogen and oxygen atoms in total. The second kappa shape index (κ2) is 5.51. The largest absolute Gasteiger partial charge is 0.395 e. The maximum atomic E-state index is 8.72. The van der Waals surface area contributed by atoms with Crippen molar-refractivity contribution in [3.05, 3.63) is 28.0 Å². The highest BCUT2D eigenvalue weighted by Gasteiger charge is 2.05. The number of rotatable bonds is 4. The number of aliphatic hydroxyl groups excluding tert-OH is 1. The van der Waals surface area contributed by atoms with Crippen LogP contribution in [0.2, 0.25) is 10.2 Å². The summed E-state index contributed by atoms with van der Waals surface area (Å²) in [4.78, 5) is 5.90. The van der Waals surface area contributed by atoms with Crippen LogP contribution in [0.4, 0.5) is 0 Å². The number of aliphatic hydroxyl groups is 1. The van der Waals surface area contributed by atoms with Gasteiger partial charge in [0, 0.05) is 29.9 Å². The zero-order valence-corrected chi connectivity index (χ0v) is 9.39. The van der Waals surface area contributed by atoms with E-state index in [1.807, 2.05) is 11.9 Å². The zero-order chi connectivity index (χ0) is 10.6. The Balaban J connectivity index is 2.67. The number of hydrogen-bond acceptors (Lipinski definition) is 3. The minimum Gasteiger partial charge on any atom is -0.395 e. The Labute approximate surface area is 93.3 Å². The number of halogens is 2. The van der Waals surface area contributed by atoms with Crippen LogP contribution in [0.5, 0.6) is 0 Å². The van der Waals surface area contributed by atoms with E-state index in [1.54, 1.807) is 12.3 Å². The van der Waals surface area contributed by atoms with Gasteiger partial charge in [0.2, 0.25) is 0 Å². The number of pyridine rings is 1. The molecule has 1 aromatic rings. The molecule has 0 unspecified atom stereocenters. The first-order chi connectivity index (χ1) is 6.63. The Morgan fingerprint density at radius 1 is 1.50 bits per heavy atom. The van der Waals surface area contributed by atoms with Crippen LogP contribution in [0, 0.1) is 0 Å². The van der Waals surface area contributed by atoms with Gasteiger partial charge in [-0.1, -0.05) is 23.2 Å². The summed E-state index contributed by atoms with van der Waals surface area (Å²) in [6, 6.07) is 1.62. The molecular formula is C9H12Cl2N2O. The number of likely N-dealkylation sites (N-methyl/N-ethyl adjacent to an activating group) is 1. The van der Waals surface area contributed by atoms with E-state index >= 15 is 0 Å². The molecule has 0 atom stereocenters.